The first-order valence-corrected chi connectivity index (χ1v) is 5.54. The summed E-state index contributed by atoms with van der Waals surface area (Å²) < 4.78 is 0. The minimum absolute atomic E-state index is 0.759. The molecule has 0 saturated heterocycles. The van der Waals surface area contributed by atoms with Gasteiger partial charge in [0.15, 0.2) is 0 Å². The van der Waals surface area contributed by atoms with Crippen molar-refractivity contribution in [1.82, 2.24) is 20.5 Å². The zero-order valence-electron chi connectivity index (χ0n) is 9.19. The standard InChI is InChI=1S/C12H16N4/c1-2-5-11(6-3-1)7-4-8-13-9-12-14-10-15-16-12/h1-3,5-6,10,13H,4,7-9H2,(H,14,15,16). The molecule has 0 aliphatic heterocycles. The highest BCUT2D eigenvalue weighted by Crippen LogP contribution is 2.01. The van der Waals surface area contributed by atoms with E-state index in [4.69, 9.17) is 0 Å². The smallest absolute Gasteiger partial charge is 0.138 e. The van der Waals surface area contributed by atoms with E-state index >= 15 is 0 Å². The van der Waals surface area contributed by atoms with Gasteiger partial charge in [-0.05, 0) is 24.9 Å². The van der Waals surface area contributed by atoms with Crippen molar-refractivity contribution >= 4 is 0 Å². The molecule has 0 bridgehead atoms. The third-order valence-electron chi connectivity index (χ3n) is 2.42. The van der Waals surface area contributed by atoms with Crippen LogP contribution in [-0.4, -0.2) is 21.7 Å². The third-order valence-corrected chi connectivity index (χ3v) is 2.42. The predicted molar refractivity (Wildman–Crippen MR) is 62.9 cm³/mol. The largest absolute Gasteiger partial charge is 0.310 e. The van der Waals surface area contributed by atoms with E-state index in [2.05, 4.69) is 44.8 Å². The molecular formula is C12H16N4. The maximum Gasteiger partial charge on any atom is 0.138 e. The number of aromatic amines is 1. The van der Waals surface area contributed by atoms with Crippen LogP contribution in [0.15, 0.2) is 36.7 Å². The molecule has 0 saturated carbocycles. The van der Waals surface area contributed by atoms with Crippen LogP contribution in [0, 0.1) is 0 Å². The molecule has 16 heavy (non-hydrogen) atoms. The van der Waals surface area contributed by atoms with Gasteiger partial charge in [-0.15, -0.1) is 0 Å². The lowest BCUT2D eigenvalue weighted by atomic mass is 10.1. The fourth-order valence-electron chi connectivity index (χ4n) is 1.58. The molecule has 0 amide bonds. The van der Waals surface area contributed by atoms with Crippen molar-refractivity contribution in [3.8, 4) is 0 Å². The molecule has 1 heterocycles. The highest BCUT2D eigenvalue weighted by atomic mass is 15.2. The number of hydrogen-bond donors (Lipinski definition) is 2. The highest BCUT2D eigenvalue weighted by molar-refractivity contribution is 5.14. The number of nitrogens with one attached hydrogen (secondary N) is 2. The van der Waals surface area contributed by atoms with Crippen LogP contribution < -0.4 is 5.32 Å². The molecule has 0 spiro atoms. The van der Waals surface area contributed by atoms with Gasteiger partial charge in [0.25, 0.3) is 0 Å². The second-order valence-corrected chi connectivity index (χ2v) is 3.70. The summed E-state index contributed by atoms with van der Waals surface area (Å²) in [4.78, 5) is 4.04. The molecule has 84 valence electrons. The number of nitrogens with zero attached hydrogens (tertiary/aromatic N) is 2. The third kappa shape index (κ3) is 3.47. The number of H-pyrrole nitrogens is 1. The predicted octanol–water partition coefficient (Wildman–Crippen LogP) is 1.53. The van der Waals surface area contributed by atoms with Crippen molar-refractivity contribution in [1.29, 1.82) is 0 Å². The van der Waals surface area contributed by atoms with Gasteiger partial charge in [0.05, 0.1) is 6.54 Å². The van der Waals surface area contributed by atoms with Crippen molar-refractivity contribution < 1.29 is 0 Å². The zero-order valence-corrected chi connectivity index (χ0v) is 9.19. The van der Waals surface area contributed by atoms with Gasteiger partial charge in [0.1, 0.15) is 12.2 Å². The average Bonchev–Trinajstić information content (AvgIpc) is 2.83. The second-order valence-electron chi connectivity index (χ2n) is 3.70. The van der Waals surface area contributed by atoms with Crippen LogP contribution in [-0.2, 0) is 13.0 Å². The fourth-order valence-corrected chi connectivity index (χ4v) is 1.58. The van der Waals surface area contributed by atoms with Crippen LogP contribution in [0.3, 0.4) is 0 Å². The van der Waals surface area contributed by atoms with E-state index in [-0.39, 0.29) is 0 Å². The van der Waals surface area contributed by atoms with Crippen molar-refractivity contribution in [2.24, 2.45) is 0 Å². The molecule has 4 heteroatoms. The van der Waals surface area contributed by atoms with Crippen molar-refractivity contribution in [2.45, 2.75) is 19.4 Å². The second kappa shape index (κ2) is 6.02. The molecule has 1 aromatic carbocycles. The SMILES string of the molecule is c1ccc(CCCNCc2ncn[nH]2)cc1. The van der Waals surface area contributed by atoms with Crippen molar-refractivity contribution in [3.63, 3.8) is 0 Å². The molecular weight excluding hydrogens is 200 g/mol. The summed E-state index contributed by atoms with van der Waals surface area (Å²) in [5, 5.41) is 9.94. The molecule has 2 rings (SSSR count). The highest BCUT2D eigenvalue weighted by Gasteiger charge is 1.95. The summed E-state index contributed by atoms with van der Waals surface area (Å²) in [6.07, 6.45) is 3.78. The molecule has 0 atom stereocenters. The number of aromatic nitrogens is 3. The Balaban J connectivity index is 1.59. The maximum atomic E-state index is 4.04. The van der Waals surface area contributed by atoms with E-state index in [1.165, 1.54) is 11.9 Å². The lowest BCUT2D eigenvalue weighted by Crippen LogP contribution is -2.16. The molecule has 1 aromatic heterocycles. The van der Waals surface area contributed by atoms with Gasteiger partial charge in [-0.25, -0.2) is 4.98 Å². The number of rotatable bonds is 6. The Morgan fingerprint density at radius 3 is 2.81 bits per heavy atom. The van der Waals surface area contributed by atoms with E-state index in [9.17, 15) is 0 Å². The summed E-state index contributed by atoms with van der Waals surface area (Å²) in [6.45, 7) is 1.75. The van der Waals surface area contributed by atoms with E-state index in [1.54, 1.807) is 0 Å². The van der Waals surface area contributed by atoms with E-state index in [0.29, 0.717) is 0 Å². The topological polar surface area (TPSA) is 53.6 Å². The van der Waals surface area contributed by atoms with Gasteiger partial charge in [0, 0.05) is 0 Å². The van der Waals surface area contributed by atoms with Gasteiger partial charge in [-0.1, -0.05) is 30.3 Å². The average molecular weight is 216 g/mol. The molecule has 0 fully saturated rings. The summed E-state index contributed by atoms with van der Waals surface area (Å²) in [5.74, 6) is 0.889. The van der Waals surface area contributed by atoms with Crippen LogP contribution in [0.5, 0.6) is 0 Å². The summed E-state index contributed by atoms with van der Waals surface area (Å²) in [6, 6.07) is 10.5. The molecule has 0 unspecified atom stereocenters. The van der Waals surface area contributed by atoms with E-state index in [0.717, 1.165) is 31.8 Å². The Bertz CT molecular complexity index is 383. The first kappa shape index (κ1) is 10.8. The van der Waals surface area contributed by atoms with Crippen LogP contribution in [0.2, 0.25) is 0 Å². The Morgan fingerprint density at radius 2 is 2.06 bits per heavy atom. The minimum atomic E-state index is 0.759. The molecule has 2 aromatic rings. The first-order chi connectivity index (χ1) is 7.95. The molecule has 4 nitrogen and oxygen atoms in total. The van der Waals surface area contributed by atoms with E-state index < -0.39 is 0 Å². The van der Waals surface area contributed by atoms with Gasteiger partial charge >= 0.3 is 0 Å². The first-order valence-electron chi connectivity index (χ1n) is 5.54. The Hall–Kier alpha value is -1.68. The van der Waals surface area contributed by atoms with Gasteiger partial charge in [0.2, 0.25) is 0 Å². The van der Waals surface area contributed by atoms with Crippen molar-refractivity contribution in [3.05, 3.63) is 48.0 Å². The number of benzene rings is 1. The molecule has 2 N–H and O–H groups in total. The molecule has 0 radical (unpaired) electrons. The summed E-state index contributed by atoms with van der Waals surface area (Å²) in [7, 11) is 0. The van der Waals surface area contributed by atoms with Gasteiger partial charge in [-0.2, -0.15) is 5.10 Å². The normalized spacial score (nSPS) is 10.5. The minimum Gasteiger partial charge on any atom is -0.310 e. The van der Waals surface area contributed by atoms with Crippen LogP contribution in [0.4, 0.5) is 0 Å². The van der Waals surface area contributed by atoms with Gasteiger partial charge in [-0.3, -0.25) is 5.10 Å². The molecule has 0 aliphatic carbocycles. The Morgan fingerprint density at radius 1 is 1.19 bits per heavy atom. The van der Waals surface area contributed by atoms with Crippen LogP contribution in [0.1, 0.15) is 17.8 Å². The summed E-state index contributed by atoms with van der Waals surface area (Å²) >= 11 is 0. The quantitative estimate of drug-likeness (QED) is 0.720. The van der Waals surface area contributed by atoms with Gasteiger partial charge < -0.3 is 5.32 Å². The fraction of sp³-hybridized carbons (Fsp3) is 0.333. The lowest BCUT2D eigenvalue weighted by molar-refractivity contribution is 0.631. The Kier molecular flexibility index (Phi) is 4.08. The lowest BCUT2D eigenvalue weighted by Gasteiger charge is -2.02. The summed E-state index contributed by atoms with van der Waals surface area (Å²) in [5.41, 5.74) is 1.39. The van der Waals surface area contributed by atoms with Crippen molar-refractivity contribution in [2.75, 3.05) is 6.54 Å². The Labute approximate surface area is 95.1 Å². The van der Waals surface area contributed by atoms with E-state index in [1.807, 2.05) is 6.07 Å². The zero-order chi connectivity index (χ0) is 11.1. The number of aryl methyl sites for hydroxylation is 1. The molecule has 0 aliphatic rings. The monoisotopic (exact) mass is 216 g/mol. The maximum absolute atomic E-state index is 4.04. The van der Waals surface area contributed by atoms with Crippen LogP contribution >= 0.6 is 0 Å². The van der Waals surface area contributed by atoms with Crippen LogP contribution in [0.25, 0.3) is 0 Å². The number of hydrogen-bond acceptors (Lipinski definition) is 3.